The molecule has 0 saturated heterocycles. The lowest BCUT2D eigenvalue weighted by atomic mass is 9.86. The van der Waals surface area contributed by atoms with Gasteiger partial charge in [0.1, 0.15) is 0 Å². The van der Waals surface area contributed by atoms with Crippen LogP contribution in [0.3, 0.4) is 0 Å². The Morgan fingerprint density at radius 3 is 2.96 bits per heavy atom. The van der Waals surface area contributed by atoms with E-state index in [-0.39, 0.29) is 17.2 Å². The van der Waals surface area contributed by atoms with Crippen LogP contribution in [0.15, 0.2) is 32.5 Å². The Kier molecular flexibility index (Phi) is 5.05. The van der Waals surface area contributed by atoms with Gasteiger partial charge in [-0.2, -0.15) is 0 Å². The number of carbonyl (C=O) groups is 1. The van der Waals surface area contributed by atoms with Crippen molar-refractivity contribution in [2.24, 2.45) is 5.92 Å². The van der Waals surface area contributed by atoms with Crippen LogP contribution in [0.1, 0.15) is 39.5 Å². The minimum absolute atomic E-state index is 0.0199. The fraction of sp³-hybridized carbons (Fsp3) is 0.562. The summed E-state index contributed by atoms with van der Waals surface area (Å²) in [6.45, 7) is 4.06. The Labute approximate surface area is 139 Å². The summed E-state index contributed by atoms with van der Waals surface area (Å²) < 4.78 is 10.7. The van der Waals surface area contributed by atoms with Gasteiger partial charge in [-0.1, -0.05) is 31.5 Å². The third-order valence-corrected chi connectivity index (χ3v) is 5.16. The van der Waals surface area contributed by atoms with Crippen LogP contribution in [0, 0.1) is 5.92 Å². The highest BCUT2D eigenvalue weighted by molar-refractivity contribution is 8.00. The standard InChI is InChI=1S/C16H21N3O3S/c1-10-6-3-4-7-12(10)17-14(20)11(2)23-16-19-18-15(22-16)13-8-5-9-21-13/h5,8-12H,3-4,6-7H2,1-2H3,(H,17,20)/t10-,11-,12-/m1/s1. The van der Waals surface area contributed by atoms with Gasteiger partial charge in [-0.15, -0.1) is 10.2 Å². The minimum atomic E-state index is -0.283. The van der Waals surface area contributed by atoms with E-state index in [1.54, 1.807) is 18.4 Å². The normalized spacial score (nSPS) is 22.7. The second kappa shape index (κ2) is 7.21. The van der Waals surface area contributed by atoms with Gasteiger partial charge < -0.3 is 14.2 Å². The van der Waals surface area contributed by atoms with E-state index in [0.29, 0.717) is 22.8 Å². The molecule has 1 N–H and O–H groups in total. The first-order valence-electron chi connectivity index (χ1n) is 7.98. The number of amides is 1. The smallest absolute Gasteiger partial charge is 0.284 e. The Morgan fingerprint density at radius 2 is 2.22 bits per heavy atom. The Bertz CT molecular complexity index is 641. The van der Waals surface area contributed by atoms with Crippen LogP contribution in [-0.2, 0) is 4.79 Å². The summed E-state index contributed by atoms with van der Waals surface area (Å²) in [6.07, 6.45) is 6.24. The van der Waals surface area contributed by atoms with Crippen LogP contribution in [-0.4, -0.2) is 27.4 Å². The zero-order valence-corrected chi connectivity index (χ0v) is 14.1. The summed E-state index contributed by atoms with van der Waals surface area (Å²) in [5, 5.41) is 11.1. The van der Waals surface area contributed by atoms with Gasteiger partial charge in [0.2, 0.25) is 5.91 Å². The number of rotatable bonds is 5. The first-order chi connectivity index (χ1) is 11.1. The summed E-state index contributed by atoms with van der Waals surface area (Å²) >= 11 is 1.27. The number of hydrogen-bond acceptors (Lipinski definition) is 6. The number of carbonyl (C=O) groups excluding carboxylic acids is 1. The first kappa shape index (κ1) is 16.1. The van der Waals surface area contributed by atoms with E-state index < -0.39 is 0 Å². The Hall–Kier alpha value is -1.76. The largest absolute Gasteiger partial charge is 0.459 e. The number of thioether (sulfide) groups is 1. The molecule has 0 aromatic carbocycles. The predicted octanol–water partition coefficient (Wildman–Crippen LogP) is 3.51. The second-order valence-electron chi connectivity index (χ2n) is 5.99. The van der Waals surface area contributed by atoms with Gasteiger partial charge >= 0.3 is 0 Å². The van der Waals surface area contributed by atoms with Gasteiger partial charge in [0.25, 0.3) is 11.1 Å². The van der Waals surface area contributed by atoms with Crippen molar-refractivity contribution in [3.63, 3.8) is 0 Å². The van der Waals surface area contributed by atoms with Crippen LogP contribution < -0.4 is 5.32 Å². The van der Waals surface area contributed by atoms with E-state index in [1.807, 2.05) is 6.92 Å². The maximum atomic E-state index is 12.4. The van der Waals surface area contributed by atoms with Gasteiger partial charge in [-0.25, -0.2) is 0 Å². The van der Waals surface area contributed by atoms with E-state index in [0.717, 1.165) is 6.42 Å². The maximum Gasteiger partial charge on any atom is 0.284 e. The van der Waals surface area contributed by atoms with Crippen molar-refractivity contribution in [1.82, 2.24) is 15.5 Å². The van der Waals surface area contributed by atoms with Crippen molar-refractivity contribution in [1.29, 1.82) is 0 Å². The van der Waals surface area contributed by atoms with Crippen LogP contribution in [0.5, 0.6) is 0 Å². The van der Waals surface area contributed by atoms with Crippen LogP contribution in [0.25, 0.3) is 11.7 Å². The quantitative estimate of drug-likeness (QED) is 0.842. The maximum absolute atomic E-state index is 12.4. The molecule has 2 aromatic rings. The van der Waals surface area contributed by atoms with Gasteiger partial charge in [-0.3, -0.25) is 4.79 Å². The topological polar surface area (TPSA) is 81.2 Å². The molecule has 0 aliphatic heterocycles. The van der Waals surface area contributed by atoms with Crippen LogP contribution >= 0.6 is 11.8 Å². The highest BCUT2D eigenvalue weighted by Crippen LogP contribution is 2.28. The lowest BCUT2D eigenvalue weighted by Crippen LogP contribution is -2.44. The summed E-state index contributed by atoms with van der Waals surface area (Å²) in [6, 6.07) is 3.79. The van der Waals surface area contributed by atoms with E-state index in [4.69, 9.17) is 8.83 Å². The van der Waals surface area contributed by atoms with Crippen LogP contribution in [0.2, 0.25) is 0 Å². The molecular formula is C16H21N3O3S. The molecular weight excluding hydrogens is 314 g/mol. The molecule has 6 nitrogen and oxygen atoms in total. The van der Waals surface area contributed by atoms with Gasteiger partial charge in [0.05, 0.1) is 11.5 Å². The van der Waals surface area contributed by atoms with E-state index in [2.05, 4.69) is 22.4 Å². The lowest BCUT2D eigenvalue weighted by Gasteiger charge is -2.30. The average molecular weight is 335 g/mol. The monoisotopic (exact) mass is 335 g/mol. The molecule has 1 aliphatic carbocycles. The van der Waals surface area contributed by atoms with Crippen molar-refractivity contribution < 1.29 is 13.6 Å². The first-order valence-corrected chi connectivity index (χ1v) is 8.86. The number of furan rings is 1. The second-order valence-corrected chi connectivity index (χ2v) is 7.28. The van der Waals surface area contributed by atoms with Crippen molar-refractivity contribution in [3.8, 4) is 11.7 Å². The number of aromatic nitrogens is 2. The van der Waals surface area contributed by atoms with E-state index >= 15 is 0 Å². The molecule has 1 aliphatic rings. The third kappa shape index (κ3) is 3.96. The van der Waals surface area contributed by atoms with E-state index in [9.17, 15) is 4.79 Å². The summed E-state index contributed by atoms with van der Waals surface area (Å²) in [4.78, 5) is 12.4. The minimum Gasteiger partial charge on any atom is -0.459 e. The zero-order valence-electron chi connectivity index (χ0n) is 13.3. The molecule has 0 spiro atoms. The summed E-state index contributed by atoms with van der Waals surface area (Å²) in [5.74, 6) is 1.41. The molecule has 7 heteroatoms. The fourth-order valence-corrected chi connectivity index (χ4v) is 3.49. The molecule has 0 radical (unpaired) electrons. The van der Waals surface area contributed by atoms with Gasteiger partial charge in [0.15, 0.2) is 5.76 Å². The molecule has 2 aromatic heterocycles. The number of nitrogens with zero attached hydrogens (tertiary/aromatic N) is 2. The molecule has 0 unspecified atom stereocenters. The van der Waals surface area contributed by atoms with Crippen molar-refractivity contribution in [2.45, 2.75) is 56.0 Å². The summed E-state index contributed by atoms with van der Waals surface area (Å²) in [5.41, 5.74) is 0. The van der Waals surface area contributed by atoms with Crippen LogP contribution in [0.4, 0.5) is 0 Å². The molecule has 23 heavy (non-hydrogen) atoms. The predicted molar refractivity (Wildman–Crippen MR) is 86.9 cm³/mol. The fourth-order valence-electron chi connectivity index (χ4n) is 2.79. The van der Waals surface area contributed by atoms with Crippen molar-refractivity contribution in [2.75, 3.05) is 0 Å². The molecule has 3 atom stereocenters. The zero-order chi connectivity index (χ0) is 16.2. The van der Waals surface area contributed by atoms with Gasteiger partial charge in [-0.05, 0) is 37.8 Å². The third-order valence-electron chi connectivity index (χ3n) is 4.22. The lowest BCUT2D eigenvalue weighted by molar-refractivity contribution is -0.121. The average Bonchev–Trinajstić information content (AvgIpc) is 3.20. The molecule has 2 heterocycles. The molecule has 1 saturated carbocycles. The molecule has 3 rings (SSSR count). The molecule has 0 bridgehead atoms. The van der Waals surface area contributed by atoms with Crippen molar-refractivity contribution in [3.05, 3.63) is 18.4 Å². The number of nitrogens with one attached hydrogen (secondary N) is 1. The van der Waals surface area contributed by atoms with E-state index in [1.165, 1.54) is 31.0 Å². The molecule has 124 valence electrons. The van der Waals surface area contributed by atoms with Gasteiger partial charge in [0, 0.05) is 6.04 Å². The molecule has 1 amide bonds. The summed E-state index contributed by atoms with van der Waals surface area (Å²) in [7, 11) is 0. The Balaban J connectivity index is 1.56. The molecule has 1 fully saturated rings. The van der Waals surface area contributed by atoms with Crippen molar-refractivity contribution >= 4 is 17.7 Å². The highest BCUT2D eigenvalue weighted by Gasteiger charge is 2.26. The Morgan fingerprint density at radius 1 is 1.39 bits per heavy atom. The number of hydrogen-bond donors (Lipinski definition) is 1. The SMILES string of the molecule is C[C@@H]1CCCC[C@H]1NC(=O)[C@@H](C)Sc1nnc(-c2ccco2)o1. The highest BCUT2D eigenvalue weighted by atomic mass is 32.2.